The molecule has 0 spiro atoms. The average Bonchev–Trinajstić information content (AvgIpc) is 2.63. The van der Waals surface area contributed by atoms with E-state index in [1.165, 1.54) is 6.42 Å². The van der Waals surface area contributed by atoms with E-state index in [2.05, 4.69) is 21.2 Å². The van der Waals surface area contributed by atoms with Gasteiger partial charge in [-0.2, -0.15) is 0 Å². The molecule has 0 aromatic carbocycles. The Morgan fingerprint density at radius 3 is 2.67 bits per heavy atom. The minimum absolute atomic E-state index is 0.00287. The molecule has 1 N–H and O–H groups in total. The lowest BCUT2D eigenvalue weighted by molar-refractivity contribution is 0.0444. The molecule has 0 saturated carbocycles. The summed E-state index contributed by atoms with van der Waals surface area (Å²) >= 11 is 3.20. The van der Waals surface area contributed by atoms with Crippen molar-refractivity contribution in [2.24, 2.45) is 0 Å². The number of nitrogens with one attached hydrogen (secondary N) is 1. The second-order valence-corrected chi connectivity index (χ2v) is 4.89. The normalized spacial score (nSPS) is 28.7. The number of amides is 1. The van der Waals surface area contributed by atoms with Gasteiger partial charge in [0.15, 0.2) is 10.4 Å². The summed E-state index contributed by atoms with van der Waals surface area (Å²) in [6.45, 7) is 1.60. The summed E-state index contributed by atoms with van der Waals surface area (Å²) in [6, 6.07) is 4.44. The Morgan fingerprint density at radius 1 is 1.47 bits per heavy atom. The molecule has 15 heavy (non-hydrogen) atoms. The van der Waals surface area contributed by atoms with E-state index in [1.54, 1.807) is 12.1 Å². The number of furan rings is 1. The molecule has 2 atom stereocenters. The molecule has 3 fully saturated rings. The molecule has 3 saturated heterocycles. The van der Waals surface area contributed by atoms with E-state index in [4.69, 9.17) is 4.42 Å². The predicted octanol–water partition coefficient (Wildman–Crippen LogP) is 1.23. The first-order chi connectivity index (χ1) is 7.22. The third-order valence-electron chi connectivity index (χ3n) is 2.99. The van der Waals surface area contributed by atoms with Crippen molar-refractivity contribution in [2.75, 3.05) is 13.1 Å². The molecule has 3 aliphatic heterocycles. The third-order valence-corrected chi connectivity index (χ3v) is 3.42. The van der Waals surface area contributed by atoms with Crippen LogP contribution in [-0.2, 0) is 0 Å². The molecule has 0 aliphatic carbocycles. The highest BCUT2D eigenvalue weighted by atomic mass is 79.9. The number of rotatable bonds is 1. The SMILES string of the molecule is O=C(c1ccc(Br)o1)N1CC2CC(C1)N2. The van der Waals surface area contributed by atoms with E-state index in [0.717, 1.165) is 13.1 Å². The summed E-state index contributed by atoms with van der Waals surface area (Å²) in [4.78, 5) is 13.8. The molecule has 4 heterocycles. The largest absolute Gasteiger partial charge is 0.444 e. The van der Waals surface area contributed by atoms with E-state index in [-0.39, 0.29) is 5.91 Å². The van der Waals surface area contributed by atoms with Gasteiger partial charge in [-0.3, -0.25) is 4.79 Å². The maximum absolute atomic E-state index is 12.0. The first kappa shape index (κ1) is 9.42. The standard InChI is InChI=1S/C10H11BrN2O2/c11-9-2-1-8(15-9)10(14)13-4-6-3-7(5-13)12-6/h1-2,6-7,12H,3-5H2. The van der Waals surface area contributed by atoms with Crippen LogP contribution in [0.4, 0.5) is 0 Å². The molecule has 1 amide bonds. The van der Waals surface area contributed by atoms with Crippen LogP contribution in [0.2, 0.25) is 0 Å². The van der Waals surface area contributed by atoms with Crippen molar-refractivity contribution in [1.29, 1.82) is 0 Å². The van der Waals surface area contributed by atoms with Crippen molar-refractivity contribution >= 4 is 21.8 Å². The summed E-state index contributed by atoms with van der Waals surface area (Å²) < 4.78 is 5.86. The van der Waals surface area contributed by atoms with Gasteiger partial charge in [-0.1, -0.05) is 0 Å². The molecule has 80 valence electrons. The molecular weight excluding hydrogens is 260 g/mol. The zero-order valence-electron chi connectivity index (χ0n) is 8.07. The second-order valence-electron chi connectivity index (χ2n) is 4.11. The maximum Gasteiger partial charge on any atom is 0.289 e. The highest BCUT2D eigenvalue weighted by Gasteiger charge is 2.39. The van der Waals surface area contributed by atoms with E-state index in [1.807, 2.05) is 4.90 Å². The van der Waals surface area contributed by atoms with Crippen LogP contribution in [0.15, 0.2) is 21.2 Å². The summed E-state index contributed by atoms with van der Waals surface area (Å²) in [6.07, 6.45) is 1.20. The van der Waals surface area contributed by atoms with Gasteiger partial charge in [-0.25, -0.2) is 0 Å². The van der Waals surface area contributed by atoms with Gasteiger partial charge in [0.25, 0.3) is 5.91 Å². The first-order valence-corrected chi connectivity index (χ1v) is 5.82. The molecular formula is C10H11BrN2O2. The Hall–Kier alpha value is -0.810. The predicted molar refractivity (Wildman–Crippen MR) is 57.6 cm³/mol. The summed E-state index contributed by atoms with van der Waals surface area (Å²) in [5, 5.41) is 3.39. The van der Waals surface area contributed by atoms with Crippen LogP contribution >= 0.6 is 15.9 Å². The number of fused-ring (bicyclic) bond motifs is 2. The number of hydrogen-bond donors (Lipinski definition) is 1. The lowest BCUT2D eigenvalue weighted by Crippen LogP contribution is -2.67. The van der Waals surface area contributed by atoms with Crippen LogP contribution in [0, 0.1) is 0 Å². The summed E-state index contributed by atoms with van der Waals surface area (Å²) in [7, 11) is 0. The molecule has 4 nitrogen and oxygen atoms in total. The molecule has 3 aliphatic rings. The molecule has 0 radical (unpaired) electrons. The van der Waals surface area contributed by atoms with E-state index < -0.39 is 0 Å². The van der Waals surface area contributed by atoms with Gasteiger partial charge in [0.2, 0.25) is 0 Å². The Balaban J connectivity index is 1.74. The quantitative estimate of drug-likeness (QED) is 0.835. The smallest absolute Gasteiger partial charge is 0.289 e. The van der Waals surface area contributed by atoms with Gasteiger partial charge in [-0.15, -0.1) is 0 Å². The lowest BCUT2D eigenvalue weighted by Gasteiger charge is -2.48. The van der Waals surface area contributed by atoms with Crippen LogP contribution < -0.4 is 5.32 Å². The average molecular weight is 271 g/mol. The zero-order chi connectivity index (χ0) is 10.4. The number of halogens is 1. The minimum atomic E-state index is -0.00287. The van der Waals surface area contributed by atoms with Crippen LogP contribution in [0.3, 0.4) is 0 Å². The first-order valence-electron chi connectivity index (χ1n) is 5.03. The number of carbonyl (C=O) groups excluding carboxylic acids is 1. The Kier molecular flexibility index (Phi) is 2.10. The molecule has 2 unspecified atom stereocenters. The van der Waals surface area contributed by atoms with Crippen molar-refractivity contribution in [3.8, 4) is 0 Å². The van der Waals surface area contributed by atoms with Gasteiger partial charge in [0, 0.05) is 25.2 Å². The summed E-state index contributed by atoms with van der Waals surface area (Å²) in [5.74, 6) is 0.417. The fourth-order valence-corrected chi connectivity index (χ4v) is 2.57. The van der Waals surface area contributed by atoms with Crippen LogP contribution in [0.5, 0.6) is 0 Å². The van der Waals surface area contributed by atoms with Gasteiger partial charge in [-0.05, 0) is 34.5 Å². The maximum atomic E-state index is 12.0. The van der Waals surface area contributed by atoms with Crippen molar-refractivity contribution < 1.29 is 9.21 Å². The Morgan fingerprint density at radius 2 is 2.13 bits per heavy atom. The van der Waals surface area contributed by atoms with Crippen LogP contribution in [0.1, 0.15) is 17.0 Å². The molecule has 5 heteroatoms. The molecule has 4 rings (SSSR count). The fourth-order valence-electron chi connectivity index (χ4n) is 2.26. The van der Waals surface area contributed by atoms with E-state index >= 15 is 0 Å². The number of piperidine rings is 1. The van der Waals surface area contributed by atoms with Gasteiger partial charge in [0.1, 0.15) is 0 Å². The van der Waals surface area contributed by atoms with Crippen molar-refractivity contribution in [2.45, 2.75) is 18.5 Å². The van der Waals surface area contributed by atoms with Crippen molar-refractivity contribution in [3.63, 3.8) is 0 Å². The van der Waals surface area contributed by atoms with Crippen LogP contribution in [-0.4, -0.2) is 36.0 Å². The van der Waals surface area contributed by atoms with Gasteiger partial charge >= 0.3 is 0 Å². The van der Waals surface area contributed by atoms with Crippen LogP contribution in [0.25, 0.3) is 0 Å². The van der Waals surface area contributed by atoms with Gasteiger partial charge < -0.3 is 14.6 Å². The number of nitrogens with zero attached hydrogens (tertiary/aromatic N) is 1. The Bertz CT molecular complexity index is 388. The molecule has 2 bridgehead atoms. The monoisotopic (exact) mass is 270 g/mol. The van der Waals surface area contributed by atoms with Crippen molar-refractivity contribution in [1.82, 2.24) is 10.2 Å². The van der Waals surface area contributed by atoms with Gasteiger partial charge in [0.05, 0.1) is 0 Å². The lowest BCUT2D eigenvalue weighted by atomic mass is 9.91. The topological polar surface area (TPSA) is 45.5 Å². The fraction of sp³-hybridized carbons (Fsp3) is 0.500. The van der Waals surface area contributed by atoms with E-state index in [0.29, 0.717) is 22.5 Å². The number of carbonyl (C=O) groups is 1. The van der Waals surface area contributed by atoms with Crippen molar-refractivity contribution in [3.05, 3.63) is 22.6 Å². The highest BCUT2D eigenvalue weighted by Crippen LogP contribution is 2.23. The second kappa shape index (κ2) is 3.35. The highest BCUT2D eigenvalue weighted by molar-refractivity contribution is 9.10. The summed E-state index contributed by atoms with van der Waals surface area (Å²) in [5.41, 5.74) is 0. The number of piperazine rings is 1. The third kappa shape index (κ3) is 1.59. The molecule has 1 aromatic heterocycles. The Labute approximate surface area is 95.7 Å². The number of hydrogen-bond acceptors (Lipinski definition) is 3. The molecule has 1 aromatic rings. The zero-order valence-corrected chi connectivity index (χ0v) is 9.66. The van der Waals surface area contributed by atoms with E-state index in [9.17, 15) is 4.79 Å². The minimum Gasteiger partial charge on any atom is -0.444 e.